The van der Waals surface area contributed by atoms with E-state index in [1.807, 2.05) is 13.0 Å². The van der Waals surface area contributed by atoms with Gasteiger partial charge in [-0.15, -0.1) is 0 Å². The highest BCUT2D eigenvalue weighted by atomic mass is 32.2. The van der Waals surface area contributed by atoms with Gasteiger partial charge in [0.05, 0.1) is 18.5 Å². The molecule has 0 aromatic heterocycles. The molecule has 1 amide bonds. The molecule has 0 aliphatic carbocycles. The van der Waals surface area contributed by atoms with Crippen LogP contribution in [0.2, 0.25) is 0 Å². The van der Waals surface area contributed by atoms with Crippen LogP contribution in [-0.2, 0) is 14.8 Å². The molecule has 8 heteroatoms. The summed E-state index contributed by atoms with van der Waals surface area (Å²) in [7, 11) is -2.80. The van der Waals surface area contributed by atoms with Crippen LogP contribution < -0.4 is 14.4 Å². The maximum absolute atomic E-state index is 13.9. The Labute approximate surface area is 181 Å². The molecule has 0 heterocycles. The average molecular weight is 443 g/mol. The van der Waals surface area contributed by atoms with Crippen molar-refractivity contribution in [1.29, 1.82) is 0 Å². The zero-order valence-electron chi connectivity index (χ0n) is 17.4. The summed E-state index contributed by atoms with van der Waals surface area (Å²) >= 11 is 0. The lowest BCUT2D eigenvalue weighted by Gasteiger charge is -2.25. The minimum absolute atomic E-state index is 0.0257. The van der Waals surface area contributed by atoms with Gasteiger partial charge in [0.25, 0.3) is 10.0 Å². The van der Waals surface area contributed by atoms with Gasteiger partial charge in [-0.05, 0) is 61.4 Å². The number of amides is 1. The number of nitrogens with zero attached hydrogens (tertiary/aromatic N) is 1. The van der Waals surface area contributed by atoms with E-state index in [-0.39, 0.29) is 16.3 Å². The molecule has 6 nitrogen and oxygen atoms in total. The number of hydrogen-bond acceptors (Lipinski definition) is 4. The van der Waals surface area contributed by atoms with Gasteiger partial charge in [-0.3, -0.25) is 9.10 Å². The lowest BCUT2D eigenvalue weighted by atomic mass is 10.2. The first kappa shape index (κ1) is 22.3. The number of halogens is 1. The molecule has 0 saturated carbocycles. The van der Waals surface area contributed by atoms with Crippen molar-refractivity contribution in [1.82, 2.24) is 0 Å². The fourth-order valence-electron chi connectivity index (χ4n) is 3.09. The largest absolute Gasteiger partial charge is 0.495 e. The molecule has 3 aromatic rings. The summed E-state index contributed by atoms with van der Waals surface area (Å²) in [5.74, 6) is -1.12. The number of carbonyl (C=O) groups is 1. The molecule has 3 rings (SSSR count). The third kappa shape index (κ3) is 5.03. The van der Waals surface area contributed by atoms with Gasteiger partial charge in [0.2, 0.25) is 5.91 Å². The summed E-state index contributed by atoms with van der Waals surface area (Å²) in [6.45, 7) is 3.04. The van der Waals surface area contributed by atoms with Crippen LogP contribution in [0.15, 0.2) is 71.6 Å². The summed E-state index contributed by atoms with van der Waals surface area (Å²) < 4.78 is 47.4. The monoisotopic (exact) mass is 442 g/mol. The standard InChI is InChI=1S/C23H23FN2O4S/c1-16-7-6-8-18(13-16)26(15-23(27)25-20-10-5-4-9-19(20)24)31(28,29)22-14-17(2)11-12-21(22)30-3/h4-14H,15H2,1-3H3,(H,25,27). The molecule has 0 atom stereocenters. The number of anilines is 2. The second-order valence-corrected chi connectivity index (χ2v) is 8.86. The van der Waals surface area contributed by atoms with Gasteiger partial charge in [-0.1, -0.05) is 30.3 Å². The Hall–Kier alpha value is -3.39. The van der Waals surface area contributed by atoms with E-state index in [0.29, 0.717) is 5.69 Å². The van der Waals surface area contributed by atoms with E-state index in [1.54, 1.807) is 43.3 Å². The minimum atomic E-state index is -4.18. The fraction of sp³-hybridized carbons (Fsp3) is 0.174. The zero-order chi connectivity index (χ0) is 22.6. The molecule has 0 spiro atoms. The van der Waals surface area contributed by atoms with E-state index in [0.717, 1.165) is 15.4 Å². The molecule has 0 fully saturated rings. The van der Waals surface area contributed by atoms with Gasteiger partial charge in [0.1, 0.15) is 23.0 Å². The predicted octanol–water partition coefficient (Wildman–Crippen LogP) is 4.29. The number of sulfonamides is 1. The predicted molar refractivity (Wildman–Crippen MR) is 118 cm³/mol. The Bertz CT molecular complexity index is 1210. The van der Waals surface area contributed by atoms with Crippen molar-refractivity contribution in [3.63, 3.8) is 0 Å². The number of benzene rings is 3. The first-order valence-electron chi connectivity index (χ1n) is 9.51. The molecule has 0 aliphatic heterocycles. The Balaban J connectivity index is 2.04. The highest BCUT2D eigenvalue weighted by Gasteiger charge is 2.30. The fourth-order valence-corrected chi connectivity index (χ4v) is 4.74. The van der Waals surface area contributed by atoms with Crippen molar-refractivity contribution < 1.29 is 22.3 Å². The Morgan fingerprint density at radius 2 is 1.71 bits per heavy atom. The normalized spacial score (nSPS) is 11.1. The highest BCUT2D eigenvalue weighted by molar-refractivity contribution is 7.93. The number of carbonyl (C=O) groups excluding carboxylic acids is 1. The summed E-state index contributed by atoms with van der Waals surface area (Å²) in [5.41, 5.74) is 1.83. The Kier molecular flexibility index (Phi) is 6.60. The third-order valence-electron chi connectivity index (χ3n) is 4.61. The molecule has 0 radical (unpaired) electrons. The van der Waals surface area contributed by atoms with Gasteiger partial charge >= 0.3 is 0 Å². The maximum Gasteiger partial charge on any atom is 0.268 e. The average Bonchev–Trinajstić information content (AvgIpc) is 2.73. The zero-order valence-corrected chi connectivity index (χ0v) is 18.2. The minimum Gasteiger partial charge on any atom is -0.495 e. The van der Waals surface area contributed by atoms with E-state index in [4.69, 9.17) is 4.74 Å². The topological polar surface area (TPSA) is 75.7 Å². The first-order valence-corrected chi connectivity index (χ1v) is 10.9. The number of rotatable bonds is 7. The molecule has 162 valence electrons. The number of ether oxygens (including phenoxy) is 1. The number of nitrogens with one attached hydrogen (secondary N) is 1. The van der Waals surface area contributed by atoms with E-state index in [9.17, 15) is 17.6 Å². The number of para-hydroxylation sites is 1. The lowest BCUT2D eigenvalue weighted by molar-refractivity contribution is -0.114. The molecule has 0 unspecified atom stereocenters. The molecular formula is C23H23FN2O4S. The van der Waals surface area contributed by atoms with Crippen LogP contribution in [0.25, 0.3) is 0 Å². The van der Waals surface area contributed by atoms with Crippen molar-refractivity contribution >= 4 is 27.3 Å². The van der Waals surface area contributed by atoms with Crippen molar-refractivity contribution in [2.75, 3.05) is 23.3 Å². The van der Waals surface area contributed by atoms with Crippen LogP contribution in [0.4, 0.5) is 15.8 Å². The third-order valence-corrected chi connectivity index (χ3v) is 6.41. The second-order valence-electron chi connectivity index (χ2n) is 7.03. The number of aryl methyl sites for hydroxylation is 2. The SMILES string of the molecule is COc1ccc(C)cc1S(=O)(=O)N(CC(=O)Nc1ccccc1F)c1cccc(C)c1. The van der Waals surface area contributed by atoms with Gasteiger partial charge < -0.3 is 10.1 Å². The van der Waals surface area contributed by atoms with Crippen molar-refractivity contribution in [3.8, 4) is 5.75 Å². The molecule has 31 heavy (non-hydrogen) atoms. The molecule has 1 N–H and O–H groups in total. The van der Waals surface area contributed by atoms with Crippen LogP contribution in [0.3, 0.4) is 0 Å². The van der Waals surface area contributed by atoms with Crippen molar-refractivity contribution in [2.24, 2.45) is 0 Å². The van der Waals surface area contributed by atoms with E-state index in [1.165, 1.54) is 31.4 Å². The van der Waals surface area contributed by atoms with Gasteiger partial charge in [0.15, 0.2) is 0 Å². The van der Waals surface area contributed by atoms with E-state index < -0.39 is 28.3 Å². The molecular weight excluding hydrogens is 419 g/mol. The summed E-state index contributed by atoms with van der Waals surface area (Å²) in [6.07, 6.45) is 0. The summed E-state index contributed by atoms with van der Waals surface area (Å²) in [4.78, 5) is 12.7. The van der Waals surface area contributed by atoms with E-state index >= 15 is 0 Å². The molecule has 0 saturated heterocycles. The van der Waals surface area contributed by atoms with Crippen LogP contribution in [0.5, 0.6) is 5.75 Å². The van der Waals surface area contributed by atoms with E-state index in [2.05, 4.69) is 5.32 Å². The van der Waals surface area contributed by atoms with Crippen LogP contribution in [-0.4, -0.2) is 28.0 Å². The molecule has 3 aromatic carbocycles. The summed E-state index contributed by atoms with van der Waals surface area (Å²) in [6, 6.07) is 17.3. The second kappa shape index (κ2) is 9.18. The number of methoxy groups -OCH3 is 1. The van der Waals surface area contributed by atoms with Gasteiger partial charge in [-0.25, -0.2) is 12.8 Å². The quantitative estimate of drug-likeness (QED) is 0.592. The lowest BCUT2D eigenvalue weighted by Crippen LogP contribution is -2.38. The molecule has 0 bridgehead atoms. The van der Waals surface area contributed by atoms with Gasteiger partial charge in [-0.2, -0.15) is 0 Å². The summed E-state index contributed by atoms with van der Waals surface area (Å²) in [5, 5.41) is 2.44. The Morgan fingerprint density at radius 1 is 1.00 bits per heavy atom. The van der Waals surface area contributed by atoms with Crippen LogP contribution in [0.1, 0.15) is 11.1 Å². The first-order chi connectivity index (χ1) is 14.7. The van der Waals surface area contributed by atoms with Crippen molar-refractivity contribution in [3.05, 3.63) is 83.7 Å². The number of hydrogen-bond donors (Lipinski definition) is 1. The maximum atomic E-state index is 13.9. The smallest absolute Gasteiger partial charge is 0.268 e. The Morgan fingerprint density at radius 3 is 2.39 bits per heavy atom. The van der Waals surface area contributed by atoms with Crippen LogP contribution in [0, 0.1) is 19.7 Å². The van der Waals surface area contributed by atoms with Crippen molar-refractivity contribution in [2.45, 2.75) is 18.7 Å². The van der Waals surface area contributed by atoms with Crippen LogP contribution >= 0.6 is 0 Å². The molecule has 0 aliphatic rings. The van der Waals surface area contributed by atoms with Gasteiger partial charge in [0, 0.05) is 0 Å². The highest BCUT2D eigenvalue weighted by Crippen LogP contribution is 2.31.